The van der Waals surface area contributed by atoms with Crippen molar-refractivity contribution < 1.29 is 103 Å². The van der Waals surface area contributed by atoms with Crippen LogP contribution in [0.1, 0.15) is 194 Å². The number of pyridine rings is 5. The Kier molecular flexibility index (Phi) is 33.6. The maximum absolute atomic E-state index is 14.5. The van der Waals surface area contributed by atoms with Crippen LogP contribution in [0, 0.1) is 62.5 Å². The first-order valence-corrected chi connectivity index (χ1v) is 49.2. The molecule has 1 unspecified atom stereocenters. The van der Waals surface area contributed by atoms with Crippen LogP contribution in [0.25, 0.3) is 144 Å². The smallest absolute Gasteiger partial charge is 0.161 e. The van der Waals surface area contributed by atoms with Crippen molar-refractivity contribution in [2.24, 2.45) is 0 Å². The van der Waals surface area contributed by atoms with E-state index in [1.165, 1.54) is 78.7 Å². The molecular weight excluding hydrogens is 2540 g/mol. The number of aryl methyl sites for hydroxylation is 3. The number of fused-ring (bicyclic) bond motifs is 16. The molecule has 8 aromatic heterocycles. The molecule has 0 amide bonds. The SMILES string of the molecule is CC(C)(C)c1cc(-c2ccccn2)[n-]n1.CC(C)(C)c1cc(-c2ccccn2)[n-]n1.CC1(C)c2c([c-]ccc2F)-c2nccc3cccc1c23.CCCCCOc1cc2c(cc1OCCCCC)C1(c3ccccc3-c3cc(-c4cc[c-]c(-c5nccc6ccccc56)c4)ccc31)c1cc(C)c(C)cc1-2.Cc1cc2c3c(nccc3c1F)-c1[c-]ccc(F)c1C2(C)C.[Ir].[Ir].[Ir].[Ir].[c-]1ccccc1-c1ncnc2ccccc12. The molecular formula is C127H112F3Ir4N11O2-6. The molecule has 12 aromatic carbocycles. The minimum absolute atomic E-state index is 0. The molecule has 147 heavy (non-hydrogen) atoms. The van der Waals surface area contributed by atoms with Gasteiger partial charge in [-0.15, -0.1) is 119 Å². The van der Waals surface area contributed by atoms with Gasteiger partial charge in [0.2, 0.25) is 0 Å². The summed E-state index contributed by atoms with van der Waals surface area (Å²) in [6.07, 6.45) is 17.0. The van der Waals surface area contributed by atoms with Gasteiger partial charge in [-0.05, 0) is 244 Å². The average molecular weight is 2650 g/mol. The van der Waals surface area contributed by atoms with Crippen LogP contribution in [0.3, 0.4) is 0 Å². The van der Waals surface area contributed by atoms with Crippen LogP contribution in [0.2, 0.25) is 0 Å². The Balaban J connectivity index is 0.000000145. The zero-order valence-corrected chi connectivity index (χ0v) is 94.4. The second-order valence-electron chi connectivity index (χ2n) is 40.1. The second kappa shape index (κ2) is 45.7. The van der Waals surface area contributed by atoms with Gasteiger partial charge in [-0.3, -0.25) is 15.0 Å². The van der Waals surface area contributed by atoms with Gasteiger partial charge in [0.05, 0.1) is 24.1 Å². The summed E-state index contributed by atoms with van der Waals surface area (Å²) < 4.78 is 56.7. The van der Waals surface area contributed by atoms with E-state index in [0.29, 0.717) is 46.5 Å². The minimum atomic E-state index is -0.566. The van der Waals surface area contributed by atoms with Crippen molar-refractivity contribution in [3.63, 3.8) is 0 Å². The van der Waals surface area contributed by atoms with Crippen LogP contribution in [0.4, 0.5) is 13.2 Å². The molecule has 1 spiro atoms. The first kappa shape index (κ1) is 108. The van der Waals surface area contributed by atoms with Crippen LogP contribution in [0.15, 0.2) is 310 Å². The zero-order chi connectivity index (χ0) is 99.6. The summed E-state index contributed by atoms with van der Waals surface area (Å²) in [6, 6.07) is 105. The van der Waals surface area contributed by atoms with Gasteiger partial charge in [-0.2, -0.15) is 0 Å². The number of halogens is 3. The largest absolute Gasteiger partial charge is 0.573 e. The van der Waals surface area contributed by atoms with E-state index in [0.717, 1.165) is 167 Å². The number of benzene rings is 12. The number of hydrogen-bond acceptors (Lipinski definition) is 11. The molecule has 0 fully saturated rings. The third kappa shape index (κ3) is 21.3. The molecule has 13 nitrogen and oxygen atoms in total. The second-order valence-corrected chi connectivity index (χ2v) is 40.1. The van der Waals surface area contributed by atoms with Crippen molar-refractivity contribution in [2.45, 2.75) is 169 Å². The van der Waals surface area contributed by atoms with E-state index in [9.17, 15) is 13.2 Å². The van der Waals surface area contributed by atoms with Crippen molar-refractivity contribution in [3.05, 3.63) is 425 Å². The number of unbranched alkanes of at least 4 members (excludes halogenated alkanes) is 4. The molecule has 1 atom stereocenters. The minimum Gasteiger partial charge on any atom is -0.573 e. The zero-order valence-electron chi connectivity index (χ0n) is 84.8. The molecule has 0 aliphatic heterocycles. The maximum atomic E-state index is 14.5. The van der Waals surface area contributed by atoms with E-state index < -0.39 is 10.8 Å². The van der Waals surface area contributed by atoms with Crippen LogP contribution in [0.5, 0.6) is 11.5 Å². The molecule has 750 valence electrons. The molecule has 20 heteroatoms. The predicted molar refractivity (Wildman–Crippen MR) is 571 cm³/mol. The van der Waals surface area contributed by atoms with Gasteiger partial charge in [0.15, 0.2) is 11.5 Å². The molecule has 24 rings (SSSR count). The van der Waals surface area contributed by atoms with Gasteiger partial charge in [-0.1, -0.05) is 271 Å². The number of ether oxygens (including phenoxy) is 2. The van der Waals surface area contributed by atoms with E-state index in [1.807, 2.05) is 141 Å². The molecule has 8 heterocycles. The number of para-hydroxylation sites is 1. The molecule has 20 aromatic rings. The Morgan fingerprint density at radius 3 is 1.48 bits per heavy atom. The first-order chi connectivity index (χ1) is 69.1. The standard InChI is InChI=1S/C52H48NO2.C19H14F2N.C18H13FN.C14H9N2.2C12H14N3.4Ir/c1-5-7-13-26-54-49-32-44-42-28-34(3)35(4)29-47(42)52(48(44)33-50(49)55-27-14-8-6-2)45-21-12-11-20-41(45)43-31-38(22-23-46(43)52)37-17-15-18-39(30-37)51-40-19-10-9-16-36(40)24-25-53-51;1-10-9-13-15-11(17(10)21)7-8-22-18(15)12-5-4-6-14(20)16(12)19(13,2)3;1-18(2)13-7-3-5-11-9-10-20-17(15(11)13)12-6-4-8-14(19)16(12)18;1-2-6-11(7-3-1)14-12-8-4-5-9-13(12)15-10-16-14;2*1-12(2,3)11-8-10(14-15-11)9-6-4-5-7-13-9;;;;/h9-12,15-17,19-25,28-33H,5-8,13-14,26-27H2,1-4H3;4,6-9H,1-3H3;3-5,7-10H,1-2H3;1-6,8-10H;2*4-8H,1-3H3;;;;/q6*-1;;;;. The van der Waals surface area contributed by atoms with Crippen molar-refractivity contribution in [1.82, 2.24) is 55.3 Å². The van der Waals surface area contributed by atoms with Crippen molar-refractivity contribution in [3.8, 4) is 113 Å². The van der Waals surface area contributed by atoms with E-state index >= 15 is 0 Å². The third-order valence-corrected chi connectivity index (χ3v) is 27.8. The summed E-state index contributed by atoms with van der Waals surface area (Å²) in [5.41, 5.74) is 30.9. The number of rotatable bonds is 15. The van der Waals surface area contributed by atoms with Gasteiger partial charge in [-0.25, -0.2) is 18.2 Å². The molecule has 0 bridgehead atoms. The monoisotopic (exact) mass is 2650 g/mol. The van der Waals surface area contributed by atoms with Gasteiger partial charge >= 0.3 is 0 Å². The Morgan fingerprint density at radius 1 is 0.354 bits per heavy atom. The van der Waals surface area contributed by atoms with Crippen molar-refractivity contribution in [2.75, 3.05) is 13.2 Å². The topological polar surface area (TPSA) is 163 Å². The van der Waals surface area contributed by atoms with Gasteiger partial charge in [0.1, 0.15) is 12.1 Å². The van der Waals surface area contributed by atoms with Crippen LogP contribution >= 0.6 is 0 Å². The Morgan fingerprint density at radius 2 is 0.857 bits per heavy atom. The summed E-state index contributed by atoms with van der Waals surface area (Å²) in [5.74, 6) is 1.01. The number of nitrogens with zero attached hydrogens (tertiary/aromatic N) is 11. The fourth-order valence-electron chi connectivity index (χ4n) is 20.3. The molecule has 0 saturated carbocycles. The van der Waals surface area contributed by atoms with E-state index in [1.54, 1.807) is 56.2 Å². The molecule has 0 N–H and O–H groups in total. The Labute approximate surface area is 913 Å². The molecule has 4 radical (unpaired) electrons. The van der Waals surface area contributed by atoms with Crippen LogP contribution < -0.4 is 19.7 Å². The number of hydrogen-bond donors (Lipinski definition) is 0. The third-order valence-electron chi connectivity index (χ3n) is 27.8. The fourth-order valence-corrected chi connectivity index (χ4v) is 20.3. The fraction of sp³-hybridized carbons (Fsp3) is 0.220. The van der Waals surface area contributed by atoms with E-state index in [2.05, 4.69) is 279 Å². The quantitative estimate of drug-likeness (QED) is 0.0704. The summed E-state index contributed by atoms with van der Waals surface area (Å²) in [4.78, 5) is 30.8. The van der Waals surface area contributed by atoms with Crippen molar-refractivity contribution >= 4 is 43.2 Å². The van der Waals surface area contributed by atoms with Gasteiger partial charge in [0.25, 0.3) is 0 Å². The Bertz CT molecular complexity index is 8040. The normalized spacial score (nSPS) is 13.4. The van der Waals surface area contributed by atoms with Crippen LogP contribution in [-0.4, -0.2) is 58.3 Å². The Hall–Kier alpha value is -13.1. The van der Waals surface area contributed by atoms with Gasteiger partial charge in [0, 0.05) is 162 Å². The molecule has 4 aliphatic rings. The summed E-state index contributed by atoms with van der Waals surface area (Å²) >= 11 is 0. The molecule has 4 aliphatic carbocycles. The maximum Gasteiger partial charge on any atom is 0.161 e. The molecule has 0 saturated heterocycles. The summed E-state index contributed by atoms with van der Waals surface area (Å²) in [5, 5.41) is 23.6. The predicted octanol–water partition coefficient (Wildman–Crippen LogP) is 30.8. The van der Waals surface area contributed by atoms with E-state index in [4.69, 9.17) is 14.5 Å². The van der Waals surface area contributed by atoms with Crippen LogP contribution in [-0.2, 0) is 107 Å². The summed E-state index contributed by atoms with van der Waals surface area (Å²) in [7, 11) is 0. The van der Waals surface area contributed by atoms with Crippen molar-refractivity contribution in [1.29, 1.82) is 0 Å². The number of aromatic nitrogens is 11. The van der Waals surface area contributed by atoms with E-state index in [-0.39, 0.29) is 114 Å². The summed E-state index contributed by atoms with van der Waals surface area (Å²) in [6.45, 7) is 32.9. The first-order valence-electron chi connectivity index (χ1n) is 49.2. The average Bonchev–Trinajstić information content (AvgIpc) is 1.50. The van der Waals surface area contributed by atoms with Gasteiger partial charge < -0.3 is 44.8 Å².